The number of hydrogen-bond donors (Lipinski definition) is 1. The van der Waals surface area contributed by atoms with Crippen LogP contribution in [0.2, 0.25) is 0 Å². The van der Waals surface area contributed by atoms with Crippen molar-refractivity contribution in [2.24, 2.45) is 0 Å². The lowest BCUT2D eigenvalue weighted by Crippen LogP contribution is -2.06. The Morgan fingerprint density at radius 3 is 3.11 bits per heavy atom. The van der Waals surface area contributed by atoms with Crippen molar-refractivity contribution in [3.05, 3.63) is 40.1 Å². The standard InChI is InChI=1S/C13H12BrN3O2/c1-8(18)15-10-3-2-9-6-17-11(5-13(14)16-17)7-19-12(9)4-10/h2-5H,6-7H2,1H3,(H,15,18). The molecule has 1 aliphatic rings. The monoisotopic (exact) mass is 321 g/mol. The Kier molecular flexibility index (Phi) is 3.02. The van der Waals surface area contributed by atoms with Crippen LogP contribution >= 0.6 is 15.9 Å². The summed E-state index contributed by atoms with van der Waals surface area (Å²) in [6, 6.07) is 7.61. The molecular formula is C13H12BrN3O2. The van der Waals surface area contributed by atoms with Gasteiger partial charge in [-0.15, -0.1) is 0 Å². The first-order valence-corrected chi connectivity index (χ1v) is 6.66. The van der Waals surface area contributed by atoms with E-state index in [1.807, 2.05) is 28.9 Å². The molecule has 1 aliphatic heterocycles. The Balaban J connectivity index is 1.93. The average Bonchev–Trinajstić information content (AvgIpc) is 2.60. The van der Waals surface area contributed by atoms with Crippen molar-refractivity contribution in [3.63, 3.8) is 0 Å². The minimum Gasteiger partial charge on any atom is -0.487 e. The maximum Gasteiger partial charge on any atom is 0.221 e. The van der Waals surface area contributed by atoms with E-state index in [1.165, 1.54) is 6.92 Å². The van der Waals surface area contributed by atoms with E-state index in [9.17, 15) is 4.79 Å². The van der Waals surface area contributed by atoms with E-state index >= 15 is 0 Å². The van der Waals surface area contributed by atoms with Gasteiger partial charge in [0.15, 0.2) is 0 Å². The highest BCUT2D eigenvalue weighted by Crippen LogP contribution is 2.28. The maximum atomic E-state index is 11.1. The molecule has 1 N–H and O–H groups in total. The molecule has 98 valence electrons. The average molecular weight is 322 g/mol. The van der Waals surface area contributed by atoms with E-state index in [0.29, 0.717) is 13.2 Å². The Labute approximate surface area is 118 Å². The molecule has 2 aromatic rings. The molecule has 0 aliphatic carbocycles. The van der Waals surface area contributed by atoms with Gasteiger partial charge in [-0.25, -0.2) is 0 Å². The maximum absolute atomic E-state index is 11.1. The van der Waals surface area contributed by atoms with E-state index in [4.69, 9.17) is 4.74 Å². The Morgan fingerprint density at radius 2 is 2.32 bits per heavy atom. The zero-order valence-electron chi connectivity index (χ0n) is 10.3. The number of hydrogen-bond acceptors (Lipinski definition) is 3. The lowest BCUT2D eigenvalue weighted by atomic mass is 10.2. The van der Waals surface area contributed by atoms with Gasteiger partial charge < -0.3 is 10.1 Å². The molecule has 0 bridgehead atoms. The van der Waals surface area contributed by atoms with Gasteiger partial charge in [-0.2, -0.15) is 5.10 Å². The summed E-state index contributed by atoms with van der Waals surface area (Å²) in [6.45, 7) is 2.62. The van der Waals surface area contributed by atoms with Gasteiger partial charge in [0, 0.05) is 24.2 Å². The van der Waals surface area contributed by atoms with Crippen LogP contribution in [0.15, 0.2) is 28.9 Å². The van der Waals surface area contributed by atoms with Crippen LogP contribution in [0.4, 0.5) is 5.69 Å². The Bertz CT molecular complexity index is 651. The van der Waals surface area contributed by atoms with Gasteiger partial charge in [0.05, 0.1) is 12.2 Å². The summed E-state index contributed by atoms with van der Waals surface area (Å²) in [4.78, 5) is 11.1. The highest BCUT2D eigenvalue weighted by molar-refractivity contribution is 9.10. The minimum atomic E-state index is -0.0922. The zero-order chi connectivity index (χ0) is 13.4. The molecule has 0 atom stereocenters. The molecular weight excluding hydrogens is 310 g/mol. The summed E-state index contributed by atoms with van der Waals surface area (Å²) in [5.41, 5.74) is 2.81. The third-order valence-corrected chi connectivity index (χ3v) is 3.30. The number of aromatic nitrogens is 2. The first-order valence-electron chi connectivity index (χ1n) is 5.87. The highest BCUT2D eigenvalue weighted by Gasteiger charge is 2.16. The molecule has 2 heterocycles. The normalized spacial score (nSPS) is 12.9. The number of halogens is 1. The molecule has 5 nitrogen and oxygen atoms in total. The van der Waals surface area contributed by atoms with Gasteiger partial charge in [0.25, 0.3) is 0 Å². The van der Waals surface area contributed by atoms with Gasteiger partial charge in [0.2, 0.25) is 5.91 Å². The number of carbonyl (C=O) groups excluding carboxylic acids is 1. The molecule has 1 aromatic carbocycles. The minimum absolute atomic E-state index is 0.0922. The van der Waals surface area contributed by atoms with Crippen LogP contribution in [0.25, 0.3) is 0 Å². The van der Waals surface area contributed by atoms with Crippen molar-refractivity contribution in [2.75, 3.05) is 5.32 Å². The molecule has 0 spiro atoms. The van der Waals surface area contributed by atoms with Crippen LogP contribution in [0.1, 0.15) is 18.2 Å². The van der Waals surface area contributed by atoms with E-state index in [-0.39, 0.29) is 5.91 Å². The fourth-order valence-corrected chi connectivity index (χ4v) is 2.54. The Hall–Kier alpha value is -1.82. The molecule has 0 fully saturated rings. The second-order valence-electron chi connectivity index (χ2n) is 4.41. The number of fused-ring (bicyclic) bond motifs is 2. The van der Waals surface area contributed by atoms with Gasteiger partial charge in [-0.3, -0.25) is 9.48 Å². The van der Waals surface area contributed by atoms with Crippen LogP contribution in [0.3, 0.4) is 0 Å². The topological polar surface area (TPSA) is 56.1 Å². The predicted molar refractivity (Wildman–Crippen MR) is 74.1 cm³/mol. The largest absolute Gasteiger partial charge is 0.487 e. The molecule has 0 saturated carbocycles. The molecule has 1 amide bonds. The molecule has 0 radical (unpaired) electrons. The first-order chi connectivity index (χ1) is 9.11. The van der Waals surface area contributed by atoms with Crippen LogP contribution in [0.5, 0.6) is 5.75 Å². The van der Waals surface area contributed by atoms with Crippen LogP contribution in [0, 0.1) is 0 Å². The number of ether oxygens (including phenoxy) is 1. The third-order valence-electron chi connectivity index (χ3n) is 2.92. The molecule has 1 aromatic heterocycles. The Morgan fingerprint density at radius 1 is 1.47 bits per heavy atom. The summed E-state index contributed by atoms with van der Waals surface area (Å²) >= 11 is 3.36. The second kappa shape index (κ2) is 4.70. The first kappa shape index (κ1) is 12.2. The van der Waals surface area contributed by atoms with Crippen LogP contribution in [-0.4, -0.2) is 15.7 Å². The molecule has 6 heteroatoms. The molecule has 19 heavy (non-hydrogen) atoms. The summed E-state index contributed by atoms with van der Waals surface area (Å²) < 4.78 is 8.50. The lowest BCUT2D eigenvalue weighted by molar-refractivity contribution is -0.114. The number of nitrogens with zero attached hydrogens (tertiary/aromatic N) is 2. The van der Waals surface area contributed by atoms with Crippen molar-refractivity contribution in [3.8, 4) is 5.75 Å². The van der Waals surface area contributed by atoms with Crippen molar-refractivity contribution in [1.82, 2.24) is 9.78 Å². The quantitative estimate of drug-likeness (QED) is 0.878. The number of carbonyl (C=O) groups is 1. The highest BCUT2D eigenvalue weighted by atomic mass is 79.9. The van der Waals surface area contributed by atoms with Gasteiger partial charge in [0.1, 0.15) is 17.0 Å². The van der Waals surface area contributed by atoms with Crippen molar-refractivity contribution in [1.29, 1.82) is 0 Å². The van der Waals surface area contributed by atoms with E-state index in [1.54, 1.807) is 0 Å². The fraction of sp³-hybridized carbons (Fsp3) is 0.231. The smallest absolute Gasteiger partial charge is 0.221 e. The number of amides is 1. The van der Waals surface area contributed by atoms with Gasteiger partial charge in [-0.05, 0) is 28.1 Å². The van der Waals surface area contributed by atoms with Crippen molar-refractivity contribution >= 4 is 27.5 Å². The van der Waals surface area contributed by atoms with Gasteiger partial charge in [-0.1, -0.05) is 6.07 Å². The number of rotatable bonds is 1. The summed E-state index contributed by atoms with van der Waals surface area (Å²) in [7, 11) is 0. The van der Waals surface area contributed by atoms with Crippen molar-refractivity contribution in [2.45, 2.75) is 20.1 Å². The van der Waals surface area contributed by atoms with Gasteiger partial charge >= 0.3 is 0 Å². The lowest BCUT2D eigenvalue weighted by Gasteiger charge is -2.09. The SMILES string of the molecule is CC(=O)Nc1ccc2c(c1)OCc1cc(Br)nn1C2. The van der Waals surface area contributed by atoms with Crippen molar-refractivity contribution < 1.29 is 9.53 Å². The summed E-state index contributed by atoms with van der Waals surface area (Å²) in [6.07, 6.45) is 0. The number of benzene rings is 1. The van der Waals surface area contributed by atoms with E-state index < -0.39 is 0 Å². The van der Waals surface area contributed by atoms with Crippen LogP contribution in [-0.2, 0) is 17.9 Å². The second-order valence-corrected chi connectivity index (χ2v) is 5.22. The number of anilines is 1. The van der Waals surface area contributed by atoms with E-state index in [2.05, 4.69) is 26.3 Å². The zero-order valence-corrected chi connectivity index (χ0v) is 11.9. The molecule has 3 rings (SSSR count). The number of nitrogens with one attached hydrogen (secondary N) is 1. The molecule has 0 unspecified atom stereocenters. The van der Waals surface area contributed by atoms with E-state index in [0.717, 1.165) is 27.3 Å². The summed E-state index contributed by atoms with van der Waals surface area (Å²) in [5, 5.41) is 7.12. The summed E-state index contributed by atoms with van der Waals surface area (Å²) in [5.74, 6) is 0.693. The fourth-order valence-electron chi connectivity index (χ4n) is 2.09. The van der Waals surface area contributed by atoms with Crippen LogP contribution < -0.4 is 10.1 Å². The predicted octanol–water partition coefficient (Wildman–Crippen LogP) is 2.54. The third kappa shape index (κ3) is 2.49. The molecule has 0 saturated heterocycles.